The highest BCUT2D eigenvalue weighted by molar-refractivity contribution is 9.10. The smallest absolute Gasteiger partial charge is 0.335 e. The molecule has 4 heteroatoms. The van der Waals surface area contributed by atoms with E-state index in [0.29, 0.717) is 5.92 Å². The monoisotopic (exact) mass is 271 g/mol. The van der Waals surface area contributed by atoms with Crippen LogP contribution in [0.1, 0.15) is 24.2 Å². The topological polar surface area (TPSA) is 49.3 Å². The van der Waals surface area contributed by atoms with Crippen molar-refractivity contribution in [3.63, 3.8) is 0 Å². The molecule has 0 unspecified atom stereocenters. The molecule has 0 aliphatic rings. The molecule has 0 aromatic heterocycles. The molecule has 0 fully saturated rings. The van der Waals surface area contributed by atoms with Crippen molar-refractivity contribution in [2.75, 3.05) is 11.9 Å². The highest BCUT2D eigenvalue weighted by atomic mass is 79.9. The van der Waals surface area contributed by atoms with Crippen LogP contribution < -0.4 is 5.32 Å². The Kier molecular flexibility index (Phi) is 4.15. The van der Waals surface area contributed by atoms with E-state index in [1.807, 2.05) is 0 Å². The average Bonchev–Trinajstić information content (AvgIpc) is 2.15. The number of hydrogen-bond donors (Lipinski definition) is 2. The molecule has 0 saturated carbocycles. The van der Waals surface area contributed by atoms with Gasteiger partial charge in [-0.15, -0.1) is 0 Å². The van der Waals surface area contributed by atoms with Crippen LogP contribution in [0.15, 0.2) is 22.7 Å². The second-order valence-electron chi connectivity index (χ2n) is 3.77. The van der Waals surface area contributed by atoms with Crippen LogP contribution in [0.2, 0.25) is 0 Å². The van der Waals surface area contributed by atoms with Crippen molar-refractivity contribution in [3.8, 4) is 0 Å². The summed E-state index contributed by atoms with van der Waals surface area (Å²) in [6, 6.07) is 4.97. The first-order valence-electron chi connectivity index (χ1n) is 4.77. The second-order valence-corrected chi connectivity index (χ2v) is 4.63. The molecular formula is C11H14BrNO2. The van der Waals surface area contributed by atoms with Crippen molar-refractivity contribution in [3.05, 3.63) is 28.2 Å². The Balaban J connectivity index is 2.79. The number of benzene rings is 1. The number of nitrogens with one attached hydrogen (secondary N) is 1. The van der Waals surface area contributed by atoms with Gasteiger partial charge in [-0.25, -0.2) is 4.79 Å². The molecule has 0 amide bonds. The van der Waals surface area contributed by atoms with Crippen molar-refractivity contribution in [2.24, 2.45) is 5.92 Å². The summed E-state index contributed by atoms with van der Waals surface area (Å²) in [7, 11) is 0. The molecule has 3 nitrogen and oxygen atoms in total. The minimum absolute atomic E-state index is 0.289. The summed E-state index contributed by atoms with van der Waals surface area (Å²) in [5.41, 5.74) is 1.21. The molecule has 82 valence electrons. The summed E-state index contributed by atoms with van der Waals surface area (Å²) in [4.78, 5) is 10.7. The lowest BCUT2D eigenvalue weighted by molar-refractivity contribution is 0.0697. The number of halogens is 1. The van der Waals surface area contributed by atoms with Gasteiger partial charge in [0.05, 0.1) is 5.56 Å². The van der Waals surface area contributed by atoms with Crippen LogP contribution in [0.3, 0.4) is 0 Å². The van der Waals surface area contributed by atoms with E-state index in [1.165, 1.54) is 0 Å². The zero-order valence-electron chi connectivity index (χ0n) is 8.75. The Labute approximate surface area is 97.6 Å². The third kappa shape index (κ3) is 3.55. The molecule has 0 saturated heterocycles. The van der Waals surface area contributed by atoms with E-state index in [-0.39, 0.29) is 5.56 Å². The van der Waals surface area contributed by atoms with Gasteiger partial charge in [-0.1, -0.05) is 13.8 Å². The molecule has 0 aliphatic carbocycles. The average molecular weight is 272 g/mol. The number of carboxylic acid groups (broad SMARTS) is 1. The molecule has 2 N–H and O–H groups in total. The maximum absolute atomic E-state index is 10.7. The number of aromatic carboxylic acids is 1. The third-order valence-corrected chi connectivity index (χ3v) is 2.57. The maximum atomic E-state index is 10.7. The Hall–Kier alpha value is -1.03. The quantitative estimate of drug-likeness (QED) is 0.884. The fourth-order valence-corrected chi connectivity index (χ4v) is 1.62. The Morgan fingerprint density at radius 1 is 1.53 bits per heavy atom. The second kappa shape index (κ2) is 5.16. The number of hydrogen-bond acceptors (Lipinski definition) is 2. The van der Waals surface area contributed by atoms with E-state index in [1.54, 1.807) is 18.2 Å². The van der Waals surface area contributed by atoms with Gasteiger partial charge < -0.3 is 10.4 Å². The largest absolute Gasteiger partial charge is 0.478 e. The van der Waals surface area contributed by atoms with Gasteiger partial charge in [-0.2, -0.15) is 0 Å². The molecule has 15 heavy (non-hydrogen) atoms. The molecule has 0 heterocycles. The van der Waals surface area contributed by atoms with Crippen molar-refractivity contribution in [2.45, 2.75) is 13.8 Å². The molecule has 1 aromatic rings. The number of carbonyl (C=O) groups is 1. The normalized spacial score (nSPS) is 10.4. The molecular weight excluding hydrogens is 258 g/mol. The lowest BCUT2D eigenvalue weighted by Crippen LogP contribution is -2.08. The molecule has 1 aromatic carbocycles. The zero-order chi connectivity index (χ0) is 11.4. The van der Waals surface area contributed by atoms with E-state index >= 15 is 0 Å². The van der Waals surface area contributed by atoms with E-state index in [2.05, 4.69) is 35.1 Å². The Morgan fingerprint density at radius 2 is 2.20 bits per heavy atom. The zero-order valence-corrected chi connectivity index (χ0v) is 10.3. The van der Waals surface area contributed by atoms with Gasteiger partial charge >= 0.3 is 5.97 Å². The summed E-state index contributed by atoms with van der Waals surface area (Å²) in [6.07, 6.45) is 0. The minimum atomic E-state index is -0.911. The number of rotatable bonds is 4. The van der Waals surface area contributed by atoms with E-state index in [9.17, 15) is 4.79 Å². The van der Waals surface area contributed by atoms with E-state index in [0.717, 1.165) is 16.7 Å². The SMILES string of the molecule is CC(C)CNc1ccc(C(=O)O)cc1Br. The van der Waals surface area contributed by atoms with Crippen molar-refractivity contribution < 1.29 is 9.90 Å². The predicted octanol–water partition coefficient (Wildman–Crippen LogP) is 3.22. The Bertz CT molecular complexity index is 364. The standard InChI is InChI=1S/C11H14BrNO2/c1-7(2)6-13-10-4-3-8(11(14)15)5-9(10)12/h3-5,7,13H,6H2,1-2H3,(H,14,15). The van der Waals surface area contributed by atoms with Gasteiger partial charge in [0.15, 0.2) is 0 Å². The van der Waals surface area contributed by atoms with Crippen LogP contribution in [-0.4, -0.2) is 17.6 Å². The fourth-order valence-electron chi connectivity index (χ4n) is 1.11. The molecule has 0 aliphatic heterocycles. The summed E-state index contributed by atoms with van der Waals surface area (Å²) >= 11 is 3.34. The van der Waals surface area contributed by atoms with Gasteiger partial charge in [0.1, 0.15) is 0 Å². The van der Waals surface area contributed by atoms with Gasteiger partial charge in [0.25, 0.3) is 0 Å². The highest BCUT2D eigenvalue weighted by Crippen LogP contribution is 2.23. The third-order valence-electron chi connectivity index (χ3n) is 1.92. The maximum Gasteiger partial charge on any atom is 0.335 e. The van der Waals surface area contributed by atoms with Crippen LogP contribution >= 0.6 is 15.9 Å². The van der Waals surface area contributed by atoms with Crippen molar-refractivity contribution in [1.29, 1.82) is 0 Å². The molecule has 0 radical (unpaired) electrons. The summed E-state index contributed by atoms with van der Waals surface area (Å²) < 4.78 is 0.781. The van der Waals surface area contributed by atoms with Gasteiger partial charge in [0, 0.05) is 16.7 Å². The van der Waals surface area contributed by atoms with E-state index in [4.69, 9.17) is 5.11 Å². The summed E-state index contributed by atoms with van der Waals surface area (Å²) in [5.74, 6) is -0.359. The van der Waals surface area contributed by atoms with Crippen LogP contribution in [0.4, 0.5) is 5.69 Å². The van der Waals surface area contributed by atoms with Gasteiger partial charge in [-0.3, -0.25) is 0 Å². The van der Waals surface area contributed by atoms with Crippen molar-refractivity contribution in [1.82, 2.24) is 0 Å². The molecule has 0 bridgehead atoms. The summed E-state index contributed by atoms with van der Waals surface area (Å²) in [6.45, 7) is 5.10. The van der Waals surface area contributed by atoms with Crippen LogP contribution in [0, 0.1) is 5.92 Å². The van der Waals surface area contributed by atoms with Crippen LogP contribution in [-0.2, 0) is 0 Å². The minimum Gasteiger partial charge on any atom is -0.478 e. The highest BCUT2D eigenvalue weighted by Gasteiger charge is 2.06. The lowest BCUT2D eigenvalue weighted by Gasteiger charge is -2.11. The number of carboxylic acids is 1. The number of anilines is 1. The summed E-state index contributed by atoms with van der Waals surface area (Å²) in [5, 5.41) is 12.0. The van der Waals surface area contributed by atoms with Crippen molar-refractivity contribution >= 4 is 27.6 Å². The first kappa shape index (κ1) is 12.0. The Morgan fingerprint density at radius 3 is 2.67 bits per heavy atom. The van der Waals surface area contributed by atoms with Crippen LogP contribution in [0.25, 0.3) is 0 Å². The fraction of sp³-hybridized carbons (Fsp3) is 0.364. The molecule has 0 atom stereocenters. The first-order chi connectivity index (χ1) is 7.00. The van der Waals surface area contributed by atoms with Crippen LogP contribution in [0.5, 0.6) is 0 Å². The van der Waals surface area contributed by atoms with Gasteiger partial charge in [0.2, 0.25) is 0 Å². The molecule has 0 spiro atoms. The van der Waals surface area contributed by atoms with E-state index < -0.39 is 5.97 Å². The van der Waals surface area contributed by atoms with Gasteiger partial charge in [-0.05, 0) is 40.0 Å². The lowest BCUT2D eigenvalue weighted by atomic mass is 10.2. The first-order valence-corrected chi connectivity index (χ1v) is 5.56. The predicted molar refractivity (Wildman–Crippen MR) is 64.4 cm³/mol. The molecule has 1 rings (SSSR count).